The molecule has 1 rings (SSSR count). The minimum Gasteiger partial charge on any atom is -0.327 e. The largest absolute Gasteiger partial charge is 0.327 e. The molecule has 84 valence electrons. The molecule has 0 spiro atoms. The van der Waals surface area contributed by atoms with Crippen LogP contribution in [0.4, 0.5) is 0 Å². The Bertz CT molecular complexity index is 320. The van der Waals surface area contributed by atoms with Crippen LogP contribution in [-0.4, -0.2) is 6.04 Å². The second kappa shape index (κ2) is 5.13. The van der Waals surface area contributed by atoms with E-state index in [1.807, 2.05) is 6.07 Å². The first-order chi connectivity index (χ1) is 6.95. The van der Waals surface area contributed by atoms with Crippen molar-refractivity contribution in [2.45, 2.75) is 39.7 Å². The molecule has 0 radical (unpaired) electrons. The molecule has 0 bridgehead atoms. The summed E-state index contributed by atoms with van der Waals surface area (Å²) in [5, 5.41) is 0. The Morgan fingerprint density at radius 2 is 2.07 bits per heavy atom. The normalized spacial score (nSPS) is 13.9. The van der Waals surface area contributed by atoms with Crippen LogP contribution in [0.5, 0.6) is 0 Å². The van der Waals surface area contributed by atoms with E-state index in [0.29, 0.717) is 0 Å². The molecule has 15 heavy (non-hydrogen) atoms. The molecule has 1 aromatic rings. The van der Waals surface area contributed by atoms with Crippen LogP contribution in [-0.2, 0) is 6.42 Å². The molecule has 0 aromatic heterocycles. The van der Waals surface area contributed by atoms with Crippen LogP contribution in [0.25, 0.3) is 0 Å². The molecule has 0 aliphatic heterocycles. The lowest BCUT2D eigenvalue weighted by Gasteiger charge is -2.30. The molecule has 1 nitrogen and oxygen atoms in total. The Morgan fingerprint density at radius 1 is 1.40 bits per heavy atom. The SMILES string of the molecule is CCC(C)(C)C(N)Cc1cccc(Br)c1. The molecular weight excluding hydrogens is 250 g/mol. The molecular formula is C13H20BrN. The number of halogens is 1. The summed E-state index contributed by atoms with van der Waals surface area (Å²) in [7, 11) is 0. The van der Waals surface area contributed by atoms with Crippen molar-refractivity contribution in [1.82, 2.24) is 0 Å². The van der Waals surface area contributed by atoms with E-state index in [0.717, 1.165) is 17.3 Å². The Morgan fingerprint density at radius 3 is 2.60 bits per heavy atom. The van der Waals surface area contributed by atoms with Crippen molar-refractivity contribution >= 4 is 15.9 Å². The number of hydrogen-bond donors (Lipinski definition) is 1. The van der Waals surface area contributed by atoms with Gasteiger partial charge in [-0.25, -0.2) is 0 Å². The fraction of sp³-hybridized carbons (Fsp3) is 0.538. The first-order valence-electron chi connectivity index (χ1n) is 5.45. The highest BCUT2D eigenvalue weighted by Gasteiger charge is 2.24. The number of nitrogens with two attached hydrogens (primary N) is 1. The lowest BCUT2D eigenvalue weighted by molar-refractivity contribution is 0.272. The topological polar surface area (TPSA) is 26.0 Å². The monoisotopic (exact) mass is 269 g/mol. The summed E-state index contributed by atoms with van der Waals surface area (Å²) >= 11 is 3.48. The highest BCUT2D eigenvalue weighted by atomic mass is 79.9. The lowest BCUT2D eigenvalue weighted by atomic mass is 9.79. The van der Waals surface area contributed by atoms with Crippen molar-refractivity contribution in [2.75, 3.05) is 0 Å². The van der Waals surface area contributed by atoms with Gasteiger partial charge in [0.2, 0.25) is 0 Å². The molecule has 2 N–H and O–H groups in total. The van der Waals surface area contributed by atoms with E-state index in [1.165, 1.54) is 5.56 Å². The van der Waals surface area contributed by atoms with Gasteiger partial charge in [-0.3, -0.25) is 0 Å². The summed E-state index contributed by atoms with van der Waals surface area (Å²) in [6.45, 7) is 6.66. The van der Waals surface area contributed by atoms with Gasteiger partial charge in [-0.15, -0.1) is 0 Å². The predicted octanol–water partition coefficient (Wildman–Crippen LogP) is 3.76. The zero-order valence-corrected chi connectivity index (χ0v) is 11.3. The lowest BCUT2D eigenvalue weighted by Crippen LogP contribution is -2.38. The predicted molar refractivity (Wildman–Crippen MR) is 69.9 cm³/mol. The summed E-state index contributed by atoms with van der Waals surface area (Å²) < 4.78 is 1.13. The Hall–Kier alpha value is -0.340. The van der Waals surface area contributed by atoms with Crippen LogP contribution >= 0.6 is 15.9 Å². The van der Waals surface area contributed by atoms with Gasteiger partial charge in [-0.05, 0) is 36.0 Å². The fourth-order valence-corrected chi connectivity index (χ4v) is 1.90. The van der Waals surface area contributed by atoms with Crippen LogP contribution in [0, 0.1) is 5.41 Å². The van der Waals surface area contributed by atoms with Crippen molar-refractivity contribution in [1.29, 1.82) is 0 Å². The highest BCUT2D eigenvalue weighted by Crippen LogP contribution is 2.26. The zero-order valence-electron chi connectivity index (χ0n) is 9.76. The average molecular weight is 270 g/mol. The van der Waals surface area contributed by atoms with Crippen molar-refractivity contribution < 1.29 is 0 Å². The van der Waals surface area contributed by atoms with Crippen LogP contribution < -0.4 is 5.73 Å². The highest BCUT2D eigenvalue weighted by molar-refractivity contribution is 9.10. The average Bonchev–Trinajstić information content (AvgIpc) is 2.17. The Kier molecular flexibility index (Phi) is 4.35. The maximum absolute atomic E-state index is 6.23. The quantitative estimate of drug-likeness (QED) is 0.885. The van der Waals surface area contributed by atoms with Crippen LogP contribution in [0.2, 0.25) is 0 Å². The van der Waals surface area contributed by atoms with Gasteiger partial charge in [0.05, 0.1) is 0 Å². The van der Waals surface area contributed by atoms with Crippen molar-refractivity contribution in [3.63, 3.8) is 0 Å². The summed E-state index contributed by atoms with van der Waals surface area (Å²) in [5.74, 6) is 0. The number of rotatable bonds is 4. The van der Waals surface area contributed by atoms with E-state index in [9.17, 15) is 0 Å². The third-order valence-corrected chi connectivity index (χ3v) is 3.75. The van der Waals surface area contributed by atoms with E-state index in [4.69, 9.17) is 5.73 Å². The first kappa shape index (κ1) is 12.7. The fourth-order valence-electron chi connectivity index (χ4n) is 1.46. The van der Waals surface area contributed by atoms with Gasteiger partial charge in [0.15, 0.2) is 0 Å². The van der Waals surface area contributed by atoms with Crippen molar-refractivity contribution in [3.8, 4) is 0 Å². The van der Waals surface area contributed by atoms with E-state index >= 15 is 0 Å². The summed E-state index contributed by atoms with van der Waals surface area (Å²) in [6.07, 6.45) is 2.06. The molecule has 0 amide bonds. The summed E-state index contributed by atoms with van der Waals surface area (Å²) in [5.41, 5.74) is 7.74. The van der Waals surface area contributed by atoms with E-state index in [-0.39, 0.29) is 11.5 Å². The third kappa shape index (κ3) is 3.62. The van der Waals surface area contributed by atoms with Gasteiger partial charge in [0, 0.05) is 10.5 Å². The van der Waals surface area contributed by atoms with Gasteiger partial charge in [0.25, 0.3) is 0 Å². The van der Waals surface area contributed by atoms with E-state index in [1.54, 1.807) is 0 Å². The van der Waals surface area contributed by atoms with E-state index in [2.05, 4.69) is 54.9 Å². The van der Waals surface area contributed by atoms with Crippen LogP contribution in [0.15, 0.2) is 28.7 Å². The molecule has 0 aliphatic carbocycles. The molecule has 1 unspecified atom stereocenters. The Labute approximate surface area is 101 Å². The molecule has 1 aromatic carbocycles. The van der Waals surface area contributed by atoms with Gasteiger partial charge in [0.1, 0.15) is 0 Å². The minimum atomic E-state index is 0.211. The molecule has 1 atom stereocenters. The van der Waals surface area contributed by atoms with Gasteiger partial charge in [-0.1, -0.05) is 48.8 Å². The second-order valence-electron chi connectivity index (χ2n) is 4.78. The van der Waals surface area contributed by atoms with Crippen LogP contribution in [0.3, 0.4) is 0 Å². The molecule has 0 saturated carbocycles. The minimum absolute atomic E-state index is 0.211. The van der Waals surface area contributed by atoms with Gasteiger partial charge in [-0.2, -0.15) is 0 Å². The number of benzene rings is 1. The smallest absolute Gasteiger partial charge is 0.0178 e. The first-order valence-corrected chi connectivity index (χ1v) is 6.25. The maximum Gasteiger partial charge on any atom is 0.0178 e. The molecule has 0 aliphatic rings. The van der Waals surface area contributed by atoms with E-state index < -0.39 is 0 Å². The van der Waals surface area contributed by atoms with Crippen molar-refractivity contribution in [2.24, 2.45) is 11.1 Å². The maximum atomic E-state index is 6.23. The molecule has 0 saturated heterocycles. The molecule has 2 heteroatoms. The third-order valence-electron chi connectivity index (χ3n) is 3.26. The second-order valence-corrected chi connectivity index (χ2v) is 5.70. The van der Waals surface area contributed by atoms with Gasteiger partial charge < -0.3 is 5.73 Å². The number of hydrogen-bond acceptors (Lipinski definition) is 1. The van der Waals surface area contributed by atoms with Crippen molar-refractivity contribution in [3.05, 3.63) is 34.3 Å². The standard InChI is InChI=1S/C13H20BrN/c1-4-13(2,3)12(15)9-10-6-5-7-11(14)8-10/h5-8,12H,4,9,15H2,1-3H3. The molecule has 0 heterocycles. The van der Waals surface area contributed by atoms with Crippen LogP contribution in [0.1, 0.15) is 32.8 Å². The summed E-state index contributed by atoms with van der Waals surface area (Å²) in [6, 6.07) is 8.60. The zero-order chi connectivity index (χ0) is 11.5. The summed E-state index contributed by atoms with van der Waals surface area (Å²) in [4.78, 5) is 0. The molecule has 0 fully saturated rings. The van der Waals surface area contributed by atoms with Gasteiger partial charge >= 0.3 is 0 Å². The Balaban J connectivity index is 2.70.